The zero-order valence-corrected chi connectivity index (χ0v) is 71.9. The van der Waals surface area contributed by atoms with E-state index in [2.05, 4.69) is 167 Å². The van der Waals surface area contributed by atoms with Crippen molar-refractivity contribution in [2.45, 2.75) is 386 Å². The number of carbonyl (C=O) groups is 3. The third-order valence-corrected chi connectivity index (χ3v) is 20.4. The van der Waals surface area contributed by atoms with Crippen LogP contribution in [-0.2, 0) is 55.8 Å². The van der Waals surface area contributed by atoms with Crippen LogP contribution in [0.3, 0.4) is 0 Å². The van der Waals surface area contributed by atoms with Gasteiger partial charge in [-0.25, -0.2) is 9.13 Å². The van der Waals surface area contributed by atoms with Crippen LogP contribution < -0.4 is 0 Å². The molecule has 0 spiro atoms. The largest absolute Gasteiger partial charge is 0.472 e. The van der Waals surface area contributed by atoms with Crippen molar-refractivity contribution >= 4 is 33.6 Å². The molecule has 0 saturated carbocycles. The fourth-order valence-corrected chi connectivity index (χ4v) is 13.5. The molecular weight excluding hydrogens is 1430 g/mol. The number of aliphatic hydroxyl groups is 2. The van der Waals surface area contributed by atoms with Gasteiger partial charge >= 0.3 is 33.6 Å². The van der Waals surface area contributed by atoms with Gasteiger partial charge in [-0.1, -0.05) is 353 Å². The first-order chi connectivity index (χ1) is 54.2. The van der Waals surface area contributed by atoms with Crippen molar-refractivity contribution in [3.05, 3.63) is 146 Å². The normalized spacial score (nSPS) is 14.5. The Morgan fingerprint density at radius 2 is 0.477 bits per heavy atom. The van der Waals surface area contributed by atoms with Crippen LogP contribution in [0.25, 0.3) is 0 Å². The predicted molar refractivity (Wildman–Crippen MR) is 463 cm³/mol. The highest BCUT2D eigenvalue weighted by molar-refractivity contribution is 7.47. The molecule has 4 N–H and O–H groups in total. The molecule has 5 unspecified atom stereocenters. The van der Waals surface area contributed by atoms with Gasteiger partial charge in [0.25, 0.3) is 0 Å². The van der Waals surface area contributed by atoms with E-state index in [-0.39, 0.29) is 19.3 Å². The predicted octanol–water partition coefficient (Wildman–Crippen LogP) is 26.8. The van der Waals surface area contributed by atoms with Crippen molar-refractivity contribution in [3.8, 4) is 0 Å². The second kappa shape index (κ2) is 84.8. The Balaban J connectivity index is 4.44. The van der Waals surface area contributed by atoms with Crippen molar-refractivity contribution in [3.63, 3.8) is 0 Å². The van der Waals surface area contributed by atoms with Gasteiger partial charge in [0.2, 0.25) is 0 Å². The summed E-state index contributed by atoms with van der Waals surface area (Å²) < 4.78 is 61.3. The minimum Gasteiger partial charge on any atom is -0.463 e. The Kier molecular flexibility index (Phi) is 81.3. The highest BCUT2D eigenvalue weighted by Gasteiger charge is 2.29. The molecule has 0 aromatic rings. The van der Waals surface area contributed by atoms with Crippen molar-refractivity contribution in [1.82, 2.24) is 0 Å². The maximum Gasteiger partial charge on any atom is 0.472 e. The molecule has 0 aromatic heterocycles. The topological polar surface area (TPSA) is 231 Å². The number of allylic oxidation sites excluding steroid dienone is 24. The second-order valence-electron chi connectivity index (χ2n) is 29.3. The van der Waals surface area contributed by atoms with E-state index in [0.29, 0.717) is 19.3 Å². The molecule has 0 rings (SSSR count). The standard InChI is InChI=1S/C93H160O16P2/c1-4-7-10-13-16-19-22-25-27-29-31-33-35-37-39-41-43-45-47-49-51-53-55-57-59-62-64-67-70-73-76-79-91(96)103-82-88(94)83-105-110(99,100)106-84-89(95)85-107-111(101,102)108-87-90(109-93(98)81-78-75-72-69-66-61-24-21-18-15-12-9-6-3)86-104-92(97)80-77-74-71-68-65-63-60-58-56-54-52-50-48-46-44-42-40-38-36-34-32-30-28-26-23-20-17-14-11-8-5-2/h7-8,10-11,16-17,19-21,24-28,31-34,37-40,43,45,88-90,94-95H,4-6,9,12-15,18,22-23,29-30,35-36,41-42,44,46-87H2,1-3H3,(H,99,100)(H,101,102)/b10-7-,11-8-,19-16-,20-17-,24-21-,27-25-,28-26-,33-31-,34-32-,39-37-,40-38-,45-43-. The first kappa shape index (κ1) is 106. The van der Waals surface area contributed by atoms with E-state index >= 15 is 0 Å². The minimum atomic E-state index is -4.94. The summed E-state index contributed by atoms with van der Waals surface area (Å²) in [5, 5.41) is 20.7. The molecule has 0 fully saturated rings. The van der Waals surface area contributed by atoms with Crippen LogP contribution in [0.2, 0.25) is 0 Å². The summed E-state index contributed by atoms with van der Waals surface area (Å²) in [7, 11) is -9.80. The van der Waals surface area contributed by atoms with Crippen LogP contribution in [0, 0.1) is 0 Å². The Hall–Kier alpha value is -4.57. The summed E-state index contributed by atoms with van der Waals surface area (Å²) in [4.78, 5) is 58.8. The third kappa shape index (κ3) is 86.1. The average molecular weight is 1600 g/mol. The number of rotatable bonds is 83. The van der Waals surface area contributed by atoms with Crippen molar-refractivity contribution in [2.75, 3.05) is 39.6 Å². The Morgan fingerprint density at radius 3 is 0.766 bits per heavy atom. The quantitative estimate of drug-likeness (QED) is 0.0146. The van der Waals surface area contributed by atoms with E-state index in [1.54, 1.807) is 0 Å². The van der Waals surface area contributed by atoms with Crippen LogP contribution in [0.4, 0.5) is 0 Å². The maximum absolute atomic E-state index is 13.0. The van der Waals surface area contributed by atoms with E-state index in [1.165, 1.54) is 154 Å². The molecule has 0 saturated heterocycles. The van der Waals surface area contributed by atoms with Gasteiger partial charge in [0.05, 0.1) is 26.4 Å². The van der Waals surface area contributed by atoms with Crippen LogP contribution >= 0.6 is 15.6 Å². The molecule has 111 heavy (non-hydrogen) atoms. The minimum absolute atomic E-state index is 0.0942. The highest BCUT2D eigenvalue weighted by Crippen LogP contribution is 2.45. The lowest BCUT2D eigenvalue weighted by Crippen LogP contribution is -2.30. The summed E-state index contributed by atoms with van der Waals surface area (Å²) in [5.41, 5.74) is 0. The Labute approximate surface area is 677 Å². The molecule has 638 valence electrons. The molecule has 0 aromatic carbocycles. The van der Waals surface area contributed by atoms with Gasteiger partial charge in [0.15, 0.2) is 6.10 Å². The number of hydrogen-bond acceptors (Lipinski definition) is 14. The van der Waals surface area contributed by atoms with Crippen molar-refractivity contribution < 1.29 is 75.8 Å². The van der Waals surface area contributed by atoms with Crippen LogP contribution in [-0.4, -0.2) is 95.9 Å². The van der Waals surface area contributed by atoms with Gasteiger partial charge < -0.3 is 34.2 Å². The Bertz CT molecular complexity index is 2600. The van der Waals surface area contributed by atoms with Gasteiger partial charge in [-0.15, -0.1) is 0 Å². The summed E-state index contributed by atoms with van der Waals surface area (Å²) >= 11 is 0. The van der Waals surface area contributed by atoms with E-state index < -0.39 is 91.5 Å². The molecular formula is C93H160O16P2. The van der Waals surface area contributed by atoms with Crippen LogP contribution in [0.5, 0.6) is 0 Å². The molecule has 0 bridgehead atoms. The monoisotopic (exact) mass is 1600 g/mol. The number of phosphoric ester groups is 2. The number of phosphoric acid groups is 2. The number of hydrogen-bond donors (Lipinski definition) is 4. The zero-order valence-electron chi connectivity index (χ0n) is 70.1. The highest BCUT2D eigenvalue weighted by atomic mass is 31.2. The first-order valence-corrected chi connectivity index (χ1v) is 47.1. The van der Waals surface area contributed by atoms with Crippen molar-refractivity contribution in [1.29, 1.82) is 0 Å². The number of ether oxygens (including phenoxy) is 3. The van der Waals surface area contributed by atoms with Gasteiger partial charge in [-0.3, -0.25) is 32.5 Å². The lowest BCUT2D eigenvalue weighted by molar-refractivity contribution is -0.161. The fraction of sp³-hybridized carbons (Fsp3) is 0.710. The summed E-state index contributed by atoms with van der Waals surface area (Å²) in [6.45, 7) is 2.46. The van der Waals surface area contributed by atoms with E-state index in [0.717, 1.165) is 154 Å². The maximum atomic E-state index is 13.0. The van der Waals surface area contributed by atoms with Crippen LogP contribution in [0.15, 0.2) is 146 Å². The first-order valence-electron chi connectivity index (χ1n) is 44.1. The van der Waals surface area contributed by atoms with Crippen molar-refractivity contribution in [2.24, 2.45) is 0 Å². The van der Waals surface area contributed by atoms with E-state index in [9.17, 15) is 43.5 Å². The zero-order chi connectivity index (χ0) is 80.8. The molecule has 16 nitrogen and oxygen atoms in total. The molecule has 0 aliphatic heterocycles. The molecule has 0 heterocycles. The number of aliphatic hydroxyl groups excluding tert-OH is 2. The van der Waals surface area contributed by atoms with Gasteiger partial charge in [-0.2, -0.15) is 0 Å². The average Bonchev–Trinajstić information content (AvgIpc) is 0.928. The van der Waals surface area contributed by atoms with Gasteiger partial charge in [0, 0.05) is 19.3 Å². The SMILES string of the molecule is CC/C=C\C/C=C\C/C=C\C/C=C\C/C=C\C/C=C\CCCCCCCCCCCCCCC(=O)OCC(O)COP(=O)(O)OCC(O)COP(=O)(O)OCC(COC(=O)CCCCCCCCCCCCCCCCC/C=C\C/C=C\C/C=C\C/C=C\C/C=C\CC)OC(=O)CCCCCCC/C=C\CCCCCC. The van der Waals surface area contributed by atoms with E-state index in [1.807, 2.05) is 0 Å². The van der Waals surface area contributed by atoms with Crippen LogP contribution in [0.1, 0.15) is 367 Å². The lowest BCUT2D eigenvalue weighted by Gasteiger charge is -2.21. The number of esters is 3. The summed E-state index contributed by atoms with van der Waals surface area (Å²) in [5.74, 6) is -1.58. The molecule has 0 aliphatic rings. The lowest BCUT2D eigenvalue weighted by atomic mass is 10.0. The molecule has 5 atom stereocenters. The Morgan fingerprint density at radius 1 is 0.261 bits per heavy atom. The molecule has 18 heteroatoms. The summed E-state index contributed by atoms with van der Waals surface area (Å²) in [6, 6.07) is 0. The molecule has 0 radical (unpaired) electrons. The van der Waals surface area contributed by atoms with Gasteiger partial charge in [-0.05, 0) is 141 Å². The second-order valence-corrected chi connectivity index (χ2v) is 32.2. The molecule has 0 amide bonds. The fourth-order valence-electron chi connectivity index (χ4n) is 11.9. The smallest absolute Gasteiger partial charge is 0.463 e. The third-order valence-electron chi connectivity index (χ3n) is 18.5. The summed E-state index contributed by atoms with van der Waals surface area (Å²) in [6.07, 6.45) is 106. The number of unbranched alkanes of at least 4 members (excludes halogenated alkanes) is 36. The molecule has 0 aliphatic carbocycles. The number of carbonyl (C=O) groups excluding carboxylic acids is 3. The van der Waals surface area contributed by atoms with E-state index in [4.69, 9.17) is 32.3 Å². The van der Waals surface area contributed by atoms with Gasteiger partial charge in [0.1, 0.15) is 25.4 Å².